The van der Waals surface area contributed by atoms with E-state index in [0.717, 1.165) is 5.56 Å². The highest BCUT2D eigenvalue weighted by Crippen LogP contribution is 2.25. The summed E-state index contributed by atoms with van der Waals surface area (Å²) in [7, 11) is 1.83. The molecular weight excluding hydrogens is 260 g/mol. The van der Waals surface area contributed by atoms with Gasteiger partial charge in [-0.2, -0.15) is 5.21 Å². The van der Waals surface area contributed by atoms with E-state index in [1.807, 2.05) is 25.2 Å². The fraction of sp³-hybridized carbons (Fsp3) is 0.0909. The smallest absolute Gasteiger partial charge is 0.297 e. The van der Waals surface area contributed by atoms with Crippen molar-refractivity contribution in [3.05, 3.63) is 36.4 Å². The molecule has 100 valence electrons. The maximum atomic E-state index is 11.9. The highest BCUT2D eigenvalue weighted by molar-refractivity contribution is 6.03. The van der Waals surface area contributed by atoms with Gasteiger partial charge in [0.1, 0.15) is 6.33 Å². The van der Waals surface area contributed by atoms with E-state index in [9.17, 15) is 4.79 Å². The Morgan fingerprint density at radius 1 is 1.30 bits per heavy atom. The van der Waals surface area contributed by atoms with Crippen molar-refractivity contribution in [1.29, 1.82) is 0 Å². The van der Waals surface area contributed by atoms with Crippen molar-refractivity contribution in [3.8, 4) is 11.4 Å². The van der Waals surface area contributed by atoms with Crippen molar-refractivity contribution in [2.45, 2.75) is 0 Å². The number of aromatic amines is 1. The zero-order valence-electron chi connectivity index (χ0n) is 10.5. The van der Waals surface area contributed by atoms with Crippen LogP contribution in [-0.4, -0.2) is 41.3 Å². The molecule has 0 radical (unpaired) electrons. The number of hydrogen-bond acceptors (Lipinski definition) is 6. The number of carbonyl (C=O) groups is 1. The number of nitrogens with one attached hydrogen (secondary N) is 2. The van der Waals surface area contributed by atoms with Crippen molar-refractivity contribution in [2.75, 3.05) is 5.32 Å². The van der Waals surface area contributed by atoms with Crippen LogP contribution in [0.3, 0.4) is 0 Å². The molecule has 0 saturated carbocycles. The van der Waals surface area contributed by atoms with Crippen LogP contribution in [-0.2, 0) is 7.05 Å². The van der Waals surface area contributed by atoms with E-state index in [1.54, 1.807) is 17.0 Å². The molecular formula is C11H10N8O. The van der Waals surface area contributed by atoms with Gasteiger partial charge in [0, 0.05) is 12.6 Å². The molecule has 9 nitrogen and oxygen atoms in total. The van der Waals surface area contributed by atoms with Gasteiger partial charge in [0.25, 0.3) is 11.7 Å². The standard InChI is InChI=1S/C11H10N8O/c1-19-6-12-16-10(19)7-4-2-3-5-8(7)13-11(20)9-14-17-18-15-9/h2-6H,1H3,(H,13,20)(H,14,15,17,18). The lowest BCUT2D eigenvalue weighted by Gasteiger charge is -2.08. The maximum Gasteiger partial charge on any atom is 0.297 e. The summed E-state index contributed by atoms with van der Waals surface area (Å²) in [6.45, 7) is 0. The van der Waals surface area contributed by atoms with Gasteiger partial charge in [-0.05, 0) is 17.3 Å². The zero-order chi connectivity index (χ0) is 13.9. The molecule has 3 rings (SSSR count). The molecule has 0 bridgehead atoms. The quantitative estimate of drug-likeness (QED) is 0.705. The molecule has 2 N–H and O–H groups in total. The van der Waals surface area contributed by atoms with Crippen molar-refractivity contribution in [2.24, 2.45) is 7.05 Å². The third-order valence-electron chi connectivity index (χ3n) is 2.68. The number of anilines is 1. The lowest BCUT2D eigenvalue weighted by molar-refractivity contribution is 0.101. The number of para-hydroxylation sites is 1. The molecule has 2 aromatic heterocycles. The monoisotopic (exact) mass is 270 g/mol. The van der Waals surface area contributed by atoms with Gasteiger partial charge in [-0.25, -0.2) is 0 Å². The first-order valence-electron chi connectivity index (χ1n) is 5.74. The van der Waals surface area contributed by atoms with E-state index in [2.05, 4.69) is 36.1 Å². The van der Waals surface area contributed by atoms with Crippen LogP contribution in [0.5, 0.6) is 0 Å². The van der Waals surface area contributed by atoms with Crippen LogP contribution in [0, 0.1) is 0 Å². The second-order valence-corrected chi connectivity index (χ2v) is 4.00. The van der Waals surface area contributed by atoms with Gasteiger partial charge in [0.2, 0.25) is 0 Å². The topological polar surface area (TPSA) is 114 Å². The van der Waals surface area contributed by atoms with Gasteiger partial charge in [-0.1, -0.05) is 12.1 Å². The van der Waals surface area contributed by atoms with Crippen molar-refractivity contribution in [3.63, 3.8) is 0 Å². The maximum absolute atomic E-state index is 11.9. The minimum Gasteiger partial charge on any atom is -0.318 e. The fourth-order valence-corrected chi connectivity index (χ4v) is 1.75. The van der Waals surface area contributed by atoms with Crippen LogP contribution in [0.2, 0.25) is 0 Å². The van der Waals surface area contributed by atoms with Crippen LogP contribution in [0.4, 0.5) is 5.69 Å². The predicted molar refractivity (Wildman–Crippen MR) is 68.6 cm³/mol. The van der Waals surface area contributed by atoms with Crippen LogP contribution >= 0.6 is 0 Å². The molecule has 0 fully saturated rings. The van der Waals surface area contributed by atoms with E-state index in [-0.39, 0.29) is 5.82 Å². The Kier molecular flexibility index (Phi) is 2.92. The van der Waals surface area contributed by atoms with Crippen LogP contribution in [0.15, 0.2) is 30.6 Å². The SMILES string of the molecule is Cn1cnnc1-c1ccccc1NC(=O)c1nn[nH]n1. The number of tetrazole rings is 1. The summed E-state index contributed by atoms with van der Waals surface area (Å²) in [6.07, 6.45) is 1.59. The molecule has 20 heavy (non-hydrogen) atoms. The summed E-state index contributed by atoms with van der Waals surface area (Å²) < 4.78 is 1.76. The number of amides is 1. The Morgan fingerprint density at radius 2 is 2.15 bits per heavy atom. The molecule has 1 aromatic carbocycles. The fourth-order valence-electron chi connectivity index (χ4n) is 1.75. The molecule has 9 heteroatoms. The first-order chi connectivity index (χ1) is 9.75. The van der Waals surface area contributed by atoms with Crippen molar-refractivity contribution >= 4 is 11.6 Å². The highest BCUT2D eigenvalue weighted by Gasteiger charge is 2.15. The number of nitrogens with zero attached hydrogens (tertiary/aromatic N) is 6. The van der Waals surface area contributed by atoms with Crippen molar-refractivity contribution in [1.82, 2.24) is 35.4 Å². The van der Waals surface area contributed by atoms with Crippen LogP contribution in [0.25, 0.3) is 11.4 Å². The summed E-state index contributed by atoms with van der Waals surface area (Å²) in [6, 6.07) is 7.28. The average molecular weight is 270 g/mol. The first-order valence-corrected chi connectivity index (χ1v) is 5.74. The third kappa shape index (κ3) is 2.11. The third-order valence-corrected chi connectivity index (χ3v) is 2.68. The van der Waals surface area contributed by atoms with E-state index in [1.165, 1.54) is 0 Å². The second-order valence-electron chi connectivity index (χ2n) is 4.00. The number of aromatic nitrogens is 7. The lowest BCUT2D eigenvalue weighted by Crippen LogP contribution is -2.14. The number of H-pyrrole nitrogens is 1. The highest BCUT2D eigenvalue weighted by atomic mass is 16.2. The Hall–Kier alpha value is -3.10. The van der Waals surface area contributed by atoms with Gasteiger partial charge < -0.3 is 9.88 Å². The molecule has 2 heterocycles. The predicted octanol–water partition coefficient (Wildman–Crippen LogP) is 0.247. The Labute approximate surface area is 113 Å². The van der Waals surface area contributed by atoms with Gasteiger partial charge in [-0.3, -0.25) is 4.79 Å². The Balaban J connectivity index is 1.95. The normalized spacial score (nSPS) is 10.4. The van der Waals surface area contributed by atoms with E-state index in [4.69, 9.17) is 0 Å². The number of hydrogen-bond donors (Lipinski definition) is 2. The molecule has 0 aliphatic rings. The molecule has 0 aliphatic carbocycles. The summed E-state index contributed by atoms with van der Waals surface area (Å²) in [4.78, 5) is 11.9. The zero-order valence-corrected chi connectivity index (χ0v) is 10.5. The number of aryl methyl sites for hydroxylation is 1. The average Bonchev–Trinajstić information content (AvgIpc) is 3.10. The number of rotatable bonds is 3. The molecule has 3 aromatic rings. The molecule has 1 amide bonds. The van der Waals surface area contributed by atoms with Gasteiger partial charge >= 0.3 is 0 Å². The van der Waals surface area contributed by atoms with E-state index >= 15 is 0 Å². The minimum absolute atomic E-state index is 0.0298. The number of benzene rings is 1. The van der Waals surface area contributed by atoms with E-state index in [0.29, 0.717) is 11.5 Å². The first kappa shape index (κ1) is 12.0. The summed E-state index contributed by atoms with van der Waals surface area (Å²) in [5.74, 6) is 0.167. The van der Waals surface area contributed by atoms with Gasteiger partial charge in [-0.15, -0.1) is 20.4 Å². The molecule has 0 spiro atoms. The molecule has 0 aliphatic heterocycles. The Morgan fingerprint density at radius 3 is 2.85 bits per heavy atom. The summed E-state index contributed by atoms with van der Waals surface area (Å²) in [5, 5.41) is 23.4. The summed E-state index contributed by atoms with van der Waals surface area (Å²) >= 11 is 0. The molecule has 0 unspecified atom stereocenters. The van der Waals surface area contributed by atoms with E-state index < -0.39 is 5.91 Å². The minimum atomic E-state index is -0.451. The van der Waals surface area contributed by atoms with Crippen LogP contribution < -0.4 is 5.32 Å². The molecule has 0 saturated heterocycles. The lowest BCUT2D eigenvalue weighted by atomic mass is 10.1. The van der Waals surface area contributed by atoms with Crippen molar-refractivity contribution < 1.29 is 4.79 Å². The van der Waals surface area contributed by atoms with Gasteiger partial charge in [0.15, 0.2) is 5.82 Å². The second kappa shape index (κ2) is 4.88. The largest absolute Gasteiger partial charge is 0.318 e. The molecule has 0 atom stereocenters. The van der Waals surface area contributed by atoms with Crippen LogP contribution in [0.1, 0.15) is 10.6 Å². The van der Waals surface area contributed by atoms with Gasteiger partial charge in [0.05, 0.1) is 5.69 Å². The summed E-state index contributed by atoms with van der Waals surface area (Å²) in [5.41, 5.74) is 1.35. The Bertz CT molecular complexity index is 732. The number of carbonyl (C=O) groups excluding carboxylic acids is 1.